The van der Waals surface area contributed by atoms with Crippen LogP contribution in [0.4, 0.5) is 5.69 Å². The molecule has 0 fully saturated rings. The van der Waals surface area contributed by atoms with E-state index in [2.05, 4.69) is 25.8 Å². The van der Waals surface area contributed by atoms with Crippen molar-refractivity contribution in [1.82, 2.24) is 9.78 Å². The van der Waals surface area contributed by atoms with E-state index in [1.807, 2.05) is 0 Å². The highest BCUT2D eigenvalue weighted by Crippen LogP contribution is 2.27. The van der Waals surface area contributed by atoms with Gasteiger partial charge in [-0.05, 0) is 34.1 Å². The minimum atomic E-state index is -3.86. The van der Waals surface area contributed by atoms with Crippen LogP contribution in [-0.2, 0) is 27.1 Å². The van der Waals surface area contributed by atoms with Crippen molar-refractivity contribution < 1.29 is 16.8 Å². The number of primary sulfonamides is 1. The van der Waals surface area contributed by atoms with Gasteiger partial charge in [0.1, 0.15) is 4.90 Å². The molecule has 1 aromatic carbocycles. The van der Waals surface area contributed by atoms with Crippen LogP contribution in [0.15, 0.2) is 44.9 Å². The van der Waals surface area contributed by atoms with Crippen LogP contribution in [0.2, 0.25) is 0 Å². The first-order valence-electron chi connectivity index (χ1n) is 5.43. The zero-order valence-corrected chi connectivity index (χ0v) is 13.9. The summed E-state index contributed by atoms with van der Waals surface area (Å²) in [5.74, 6) is 0. The van der Waals surface area contributed by atoms with Crippen LogP contribution in [0.25, 0.3) is 0 Å². The summed E-state index contributed by atoms with van der Waals surface area (Å²) in [5.41, 5.74) is 0.186. The van der Waals surface area contributed by atoms with Crippen molar-refractivity contribution in [3.05, 3.63) is 35.1 Å². The molecule has 0 saturated carbocycles. The molecule has 1 aromatic heterocycles. The van der Waals surface area contributed by atoms with E-state index in [4.69, 9.17) is 5.14 Å². The average Bonchev–Trinajstić information content (AvgIpc) is 2.78. The Hall–Kier alpha value is -1.43. The van der Waals surface area contributed by atoms with E-state index < -0.39 is 20.0 Å². The van der Waals surface area contributed by atoms with E-state index in [9.17, 15) is 16.8 Å². The van der Waals surface area contributed by atoms with Crippen molar-refractivity contribution in [2.45, 2.75) is 9.79 Å². The van der Waals surface area contributed by atoms with Gasteiger partial charge in [-0.3, -0.25) is 9.40 Å². The van der Waals surface area contributed by atoms with E-state index in [0.29, 0.717) is 0 Å². The topological polar surface area (TPSA) is 124 Å². The van der Waals surface area contributed by atoms with Crippen molar-refractivity contribution in [1.29, 1.82) is 0 Å². The lowest BCUT2D eigenvalue weighted by atomic mass is 10.3. The quantitative estimate of drug-likeness (QED) is 0.786. The molecule has 0 aliphatic carbocycles. The molecule has 1 heterocycles. The molecule has 0 bridgehead atoms. The summed E-state index contributed by atoms with van der Waals surface area (Å²) >= 11 is 3.10. The van der Waals surface area contributed by atoms with E-state index in [0.717, 1.165) is 0 Å². The Morgan fingerprint density at radius 1 is 1.24 bits per heavy atom. The lowest BCUT2D eigenvalue weighted by Crippen LogP contribution is -2.14. The SMILES string of the molecule is Cn1cc(S(=O)(=O)Nc2ccc(S(N)(=O)=O)cc2Br)cn1. The van der Waals surface area contributed by atoms with Crippen LogP contribution in [0.1, 0.15) is 0 Å². The van der Waals surface area contributed by atoms with E-state index in [1.165, 1.54) is 35.3 Å². The lowest BCUT2D eigenvalue weighted by molar-refractivity contribution is 0.597. The van der Waals surface area contributed by atoms with Crippen LogP contribution in [-0.4, -0.2) is 26.6 Å². The van der Waals surface area contributed by atoms with Gasteiger partial charge in [-0.15, -0.1) is 0 Å². The average molecular weight is 395 g/mol. The van der Waals surface area contributed by atoms with Crippen LogP contribution in [0.3, 0.4) is 0 Å². The van der Waals surface area contributed by atoms with Gasteiger partial charge in [0.15, 0.2) is 0 Å². The number of nitrogens with zero attached hydrogens (tertiary/aromatic N) is 2. The Morgan fingerprint density at radius 3 is 2.38 bits per heavy atom. The number of nitrogens with two attached hydrogens (primary N) is 1. The number of anilines is 1. The van der Waals surface area contributed by atoms with Crippen LogP contribution in [0.5, 0.6) is 0 Å². The first-order chi connectivity index (χ1) is 9.59. The Kier molecular flexibility index (Phi) is 4.10. The summed E-state index contributed by atoms with van der Waals surface area (Å²) < 4.78 is 50.6. The van der Waals surface area contributed by atoms with Gasteiger partial charge in [0.05, 0.1) is 16.8 Å². The van der Waals surface area contributed by atoms with Gasteiger partial charge in [-0.25, -0.2) is 22.0 Å². The summed E-state index contributed by atoms with van der Waals surface area (Å²) in [6.45, 7) is 0. The van der Waals surface area contributed by atoms with Crippen LogP contribution < -0.4 is 9.86 Å². The van der Waals surface area contributed by atoms with Gasteiger partial charge in [-0.2, -0.15) is 5.10 Å². The lowest BCUT2D eigenvalue weighted by Gasteiger charge is -2.09. The van der Waals surface area contributed by atoms with Crippen molar-refractivity contribution in [2.24, 2.45) is 12.2 Å². The molecule has 0 atom stereocenters. The Bertz CT molecular complexity index is 890. The molecule has 0 aliphatic heterocycles. The Labute approximate surface area is 130 Å². The zero-order valence-electron chi connectivity index (χ0n) is 10.7. The molecule has 114 valence electrons. The Morgan fingerprint density at radius 2 is 1.90 bits per heavy atom. The highest BCUT2D eigenvalue weighted by molar-refractivity contribution is 9.10. The number of hydrogen-bond acceptors (Lipinski definition) is 5. The second kappa shape index (κ2) is 5.40. The molecule has 2 rings (SSSR count). The largest absolute Gasteiger partial charge is 0.278 e. The fraction of sp³-hybridized carbons (Fsp3) is 0.100. The first kappa shape index (κ1) is 15.9. The monoisotopic (exact) mass is 394 g/mol. The minimum Gasteiger partial charge on any atom is -0.278 e. The summed E-state index contributed by atoms with van der Waals surface area (Å²) in [6.07, 6.45) is 2.55. The summed E-state index contributed by atoms with van der Waals surface area (Å²) in [4.78, 5) is -0.133. The van der Waals surface area contributed by atoms with Crippen LogP contribution >= 0.6 is 15.9 Å². The third kappa shape index (κ3) is 3.61. The minimum absolute atomic E-state index is 0.00702. The molecule has 2 aromatic rings. The molecule has 0 aliphatic rings. The molecule has 8 nitrogen and oxygen atoms in total. The molecule has 0 unspecified atom stereocenters. The highest BCUT2D eigenvalue weighted by atomic mass is 79.9. The Balaban J connectivity index is 2.36. The van der Waals surface area contributed by atoms with Gasteiger partial charge in [0, 0.05) is 17.7 Å². The number of aryl methyl sites for hydroxylation is 1. The summed E-state index contributed by atoms with van der Waals surface area (Å²) in [6, 6.07) is 3.73. The van der Waals surface area contributed by atoms with Gasteiger partial charge >= 0.3 is 0 Å². The predicted octanol–water partition coefficient (Wildman–Crippen LogP) is 0.631. The standard InChI is InChI=1S/C10H11BrN4O4S2/c1-15-6-8(5-13-15)21(18,19)14-10-3-2-7(4-9(10)11)20(12,16)17/h2-6,14H,1H3,(H2,12,16,17). The second-order valence-corrected chi connectivity index (χ2v) is 8.24. The molecule has 0 spiro atoms. The van der Waals surface area contributed by atoms with Crippen molar-refractivity contribution in [3.8, 4) is 0 Å². The van der Waals surface area contributed by atoms with Crippen molar-refractivity contribution >= 4 is 41.7 Å². The van der Waals surface area contributed by atoms with Crippen molar-refractivity contribution in [2.75, 3.05) is 4.72 Å². The molecular weight excluding hydrogens is 384 g/mol. The maximum absolute atomic E-state index is 12.1. The third-order valence-electron chi connectivity index (χ3n) is 2.50. The summed E-state index contributed by atoms with van der Waals surface area (Å²) in [5, 5.41) is 8.78. The number of rotatable bonds is 4. The molecular formula is C10H11BrN4O4S2. The molecule has 3 N–H and O–H groups in total. The number of halogens is 1. The first-order valence-corrected chi connectivity index (χ1v) is 9.26. The van der Waals surface area contributed by atoms with E-state index in [-0.39, 0.29) is 20.0 Å². The fourth-order valence-electron chi connectivity index (χ4n) is 1.50. The van der Waals surface area contributed by atoms with Gasteiger partial charge in [0.2, 0.25) is 10.0 Å². The fourth-order valence-corrected chi connectivity index (χ4v) is 3.86. The van der Waals surface area contributed by atoms with Gasteiger partial charge < -0.3 is 0 Å². The number of benzene rings is 1. The maximum Gasteiger partial charge on any atom is 0.265 e. The number of sulfonamides is 2. The molecule has 11 heteroatoms. The number of aromatic nitrogens is 2. The van der Waals surface area contributed by atoms with Crippen molar-refractivity contribution in [3.63, 3.8) is 0 Å². The number of nitrogens with one attached hydrogen (secondary N) is 1. The van der Waals surface area contributed by atoms with E-state index in [1.54, 1.807) is 7.05 Å². The summed E-state index contributed by atoms with van der Waals surface area (Å²) in [7, 11) is -6.07. The number of hydrogen-bond donors (Lipinski definition) is 2. The van der Waals surface area contributed by atoms with Gasteiger partial charge in [0.25, 0.3) is 10.0 Å². The smallest absolute Gasteiger partial charge is 0.265 e. The predicted molar refractivity (Wildman–Crippen MR) is 79.5 cm³/mol. The highest BCUT2D eigenvalue weighted by Gasteiger charge is 2.18. The molecule has 0 radical (unpaired) electrons. The second-order valence-electron chi connectivity index (χ2n) is 4.14. The molecule has 21 heavy (non-hydrogen) atoms. The van der Waals surface area contributed by atoms with Gasteiger partial charge in [-0.1, -0.05) is 0 Å². The molecule has 0 amide bonds. The zero-order chi connectivity index (χ0) is 15.8. The molecule has 0 saturated heterocycles. The van der Waals surface area contributed by atoms with Crippen LogP contribution in [0, 0.1) is 0 Å². The normalized spacial score (nSPS) is 12.3. The maximum atomic E-state index is 12.1. The van der Waals surface area contributed by atoms with E-state index >= 15 is 0 Å². The third-order valence-corrected chi connectivity index (χ3v) is 5.39.